The van der Waals surface area contributed by atoms with Gasteiger partial charge in [-0.15, -0.1) is 0 Å². The highest BCUT2D eigenvalue weighted by molar-refractivity contribution is 6.36. The van der Waals surface area contributed by atoms with E-state index in [-0.39, 0.29) is 18.7 Å². The fourth-order valence-corrected chi connectivity index (χ4v) is 2.79. The molecule has 0 aliphatic carbocycles. The zero-order valence-corrected chi connectivity index (χ0v) is 13.1. The van der Waals surface area contributed by atoms with E-state index >= 15 is 0 Å². The van der Waals surface area contributed by atoms with Gasteiger partial charge in [0.25, 0.3) is 0 Å². The predicted molar refractivity (Wildman–Crippen MR) is 82.5 cm³/mol. The van der Waals surface area contributed by atoms with Crippen molar-refractivity contribution in [2.24, 2.45) is 5.73 Å². The Morgan fingerprint density at radius 1 is 1.36 bits per heavy atom. The van der Waals surface area contributed by atoms with Crippen LogP contribution in [0.3, 0.4) is 0 Å². The van der Waals surface area contributed by atoms with Gasteiger partial charge in [-0.05, 0) is 24.1 Å². The third-order valence-electron chi connectivity index (χ3n) is 3.44. The number of halogens is 2. The van der Waals surface area contributed by atoms with Gasteiger partial charge in [0.05, 0.1) is 0 Å². The summed E-state index contributed by atoms with van der Waals surface area (Å²) in [4.78, 5) is 34.8. The maximum atomic E-state index is 12.1. The molecule has 1 aliphatic heterocycles. The number of hydrogen-bond acceptors (Lipinski definition) is 3. The minimum Gasteiger partial charge on any atom is -0.368 e. The van der Waals surface area contributed by atoms with Gasteiger partial charge in [0, 0.05) is 22.9 Å². The molecule has 2 rings (SSSR count). The second kappa shape index (κ2) is 6.98. The third kappa shape index (κ3) is 3.90. The van der Waals surface area contributed by atoms with Crippen molar-refractivity contribution in [3.63, 3.8) is 0 Å². The summed E-state index contributed by atoms with van der Waals surface area (Å²) in [5, 5.41) is 5.85. The molecular formula is C14H15Cl2N3O3. The number of amides is 3. The lowest BCUT2D eigenvalue weighted by Crippen LogP contribution is -2.51. The second-order valence-corrected chi connectivity index (χ2v) is 5.84. The minimum absolute atomic E-state index is 0.0836. The molecule has 0 aromatic heterocycles. The molecule has 0 unspecified atom stereocenters. The fraction of sp³-hybridized carbons (Fsp3) is 0.357. The van der Waals surface area contributed by atoms with Crippen LogP contribution in [-0.2, 0) is 20.8 Å². The first-order chi connectivity index (χ1) is 10.4. The van der Waals surface area contributed by atoms with Gasteiger partial charge in [-0.3, -0.25) is 14.4 Å². The van der Waals surface area contributed by atoms with E-state index in [1.807, 2.05) is 0 Å². The normalized spacial score (nSPS) is 18.6. The summed E-state index contributed by atoms with van der Waals surface area (Å²) in [6, 6.07) is 3.36. The molecule has 22 heavy (non-hydrogen) atoms. The van der Waals surface area contributed by atoms with Crippen molar-refractivity contribution in [2.45, 2.75) is 31.3 Å². The van der Waals surface area contributed by atoms with Gasteiger partial charge < -0.3 is 16.4 Å². The van der Waals surface area contributed by atoms with E-state index in [2.05, 4.69) is 10.6 Å². The topological polar surface area (TPSA) is 101 Å². The molecule has 1 heterocycles. The highest BCUT2D eigenvalue weighted by Gasteiger charge is 2.30. The molecular weight excluding hydrogens is 329 g/mol. The molecule has 8 heteroatoms. The molecule has 1 aromatic rings. The van der Waals surface area contributed by atoms with E-state index in [1.165, 1.54) is 0 Å². The number of carbonyl (C=O) groups excluding carboxylic acids is 3. The van der Waals surface area contributed by atoms with Crippen molar-refractivity contribution >= 4 is 40.9 Å². The Labute approximate surface area is 137 Å². The molecule has 1 fully saturated rings. The standard InChI is InChI=1S/C14H15Cl2N3O3/c15-8-2-1-3-9(16)7(8)6-11(13(17)21)19-14(22)10-4-5-12(20)18-10/h1-3,10-11H,4-6H2,(H2,17,21)(H,18,20)(H,19,22)/t10-,11+/m0/s1. The summed E-state index contributed by atoms with van der Waals surface area (Å²) < 4.78 is 0. The zero-order chi connectivity index (χ0) is 16.3. The highest BCUT2D eigenvalue weighted by Crippen LogP contribution is 2.25. The van der Waals surface area contributed by atoms with Gasteiger partial charge >= 0.3 is 0 Å². The molecule has 0 saturated carbocycles. The van der Waals surface area contributed by atoms with E-state index < -0.39 is 23.9 Å². The average Bonchev–Trinajstić information content (AvgIpc) is 2.88. The van der Waals surface area contributed by atoms with Crippen LogP contribution in [0.4, 0.5) is 0 Å². The summed E-state index contributed by atoms with van der Waals surface area (Å²) in [5.74, 6) is -1.34. The molecule has 1 aliphatic rings. The third-order valence-corrected chi connectivity index (χ3v) is 4.15. The molecule has 0 radical (unpaired) electrons. The monoisotopic (exact) mass is 343 g/mol. The number of primary amides is 1. The number of nitrogens with one attached hydrogen (secondary N) is 2. The maximum Gasteiger partial charge on any atom is 0.243 e. The van der Waals surface area contributed by atoms with Crippen LogP contribution >= 0.6 is 23.2 Å². The van der Waals surface area contributed by atoms with Gasteiger partial charge in [-0.25, -0.2) is 0 Å². The van der Waals surface area contributed by atoms with Crippen molar-refractivity contribution in [1.29, 1.82) is 0 Å². The van der Waals surface area contributed by atoms with Crippen molar-refractivity contribution in [1.82, 2.24) is 10.6 Å². The average molecular weight is 344 g/mol. The molecule has 1 saturated heterocycles. The van der Waals surface area contributed by atoms with Crippen LogP contribution in [0.15, 0.2) is 18.2 Å². The Kier molecular flexibility index (Phi) is 5.26. The number of hydrogen-bond donors (Lipinski definition) is 3. The number of rotatable bonds is 5. The van der Waals surface area contributed by atoms with Gasteiger partial charge in [0.15, 0.2) is 0 Å². The van der Waals surface area contributed by atoms with Crippen LogP contribution in [-0.4, -0.2) is 29.8 Å². The zero-order valence-electron chi connectivity index (χ0n) is 11.6. The van der Waals surface area contributed by atoms with Crippen molar-refractivity contribution < 1.29 is 14.4 Å². The van der Waals surface area contributed by atoms with E-state index in [4.69, 9.17) is 28.9 Å². The summed E-state index contributed by atoms with van der Waals surface area (Å²) in [7, 11) is 0. The van der Waals surface area contributed by atoms with Crippen LogP contribution < -0.4 is 16.4 Å². The van der Waals surface area contributed by atoms with Crippen molar-refractivity contribution in [3.8, 4) is 0 Å². The first-order valence-electron chi connectivity index (χ1n) is 6.70. The Morgan fingerprint density at radius 3 is 2.50 bits per heavy atom. The quantitative estimate of drug-likeness (QED) is 0.736. The minimum atomic E-state index is -0.956. The molecule has 0 bridgehead atoms. The highest BCUT2D eigenvalue weighted by atomic mass is 35.5. The molecule has 2 atom stereocenters. The molecule has 3 amide bonds. The van der Waals surface area contributed by atoms with E-state index in [0.717, 1.165) is 0 Å². The van der Waals surface area contributed by atoms with Gasteiger partial charge in [-0.1, -0.05) is 29.3 Å². The predicted octanol–water partition coefficient (Wildman–Crippen LogP) is 0.785. The van der Waals surface area contributed by atoms with Crippen molar-refractivity contribution in [3.05, 3.63) is 33.8 Å². The molecule has 1 aromatic carbocycles. The van der Waals surface area contributed by atoms with Crippen molar-refractivity contribution in [2.75, 3.05) is 0 Å². The van der Waals surface area contributed by atoms with E-state index in [9.17, 15) is 14.4 Å². The molecule has 0 spiro atoms. The van der Waals surface area contributed by atoms with Gasteiger partial charge in [0.1, 0.15) is 12.1 Å². The van der Waals surface area contributed by atoms with E-state index in [0.29, 0.717) is 22.0 Å². The van der Waals surface area contributed by atoms with Crippen LogP contribution in [0.25, 0.3) is 0 Å². The largest absolute Gasteiger partial charge is 0.368 e. The van der Waals surface area contributed by atoms with Crippen LogP contribution in [0, 0.1) is 0 Å². The molecule has 118 valence electrons. The fourth-order valence-electron chi connectivity index (χ4n) is 2.24. The number of nitrogens with two attached hydrogens (primary N) is 1. The van der Waals surface area contributed by atoms with Gasteiger partial charge in [0.2, 0.25) is 17.7 Å². The Hall–Kier alpha value is -1.79. The van der Waals surface area contributed by atoms with Gasteiger partial charge in [-0.2, -0.15) is 0 Å². The smallest absolute Gasteiger partial charge is 0.243 e. The van der Waals surface area contributed by atoms with Crippen LogP contribution in [0.1, 0.15) is 18.4 Å². The number of benzene rings is 1. The lowest BCUT2D eigenvalue weighted by Gasteiger charge is -2.19. The number of carbonyl (C=O) groups is 3. The molecule has 4 N–H and O–H groups in total. The summed E-state index contributed by atoms with van der Waals surface area (Å²) in [6.45, 7) is 0. The summed E-state index contributed by atoms with van der Waals surface area (Å²) >= 11 is 12.1. The molecule has 6 nitrogen and oxygen atoms in total. The Morgan fingerprint density at radius 2 is 2.00 bits per heavy atom. The SMILES string of the molecule is NC(=O)[C@@H](Cc1c(Cl)cccc1Cl)NC(=O)[C@@H]1CCC(=O)N1. The first-order valence-corrected chi connectivity index (χ1v) is 7.46. The van der Waals surface area contributed by atoms with E-state index in [1.54, 1.807) is 18.2 Å². The summed E-state index contributed by atoms with van der Waals surface area (Å²) in [5.41, 5.74) is 5.86. The lowest BCUT2D eigenvalue weighted by atomic mass is 10.0. The summed E-state index contributed by atoms with van der Waals surface area (Å²) in [6.07, 6.45) is 0.763. The van der Waals surface area contributed by atoms with Crippen LogP contribution in [0.2, 0.25) is 10.0 Å². The van der Waals surface area contributed by atoms with Crippen LogP contribution in [0.5, 0.6) is 0 Å². The Balaban J connectivity index is 2.09. The maximum absolute atomic E-state index is 12.1. The Bertz CT molecular complexity index is 601. The lowest BCUT2D eigenvalue weighted by molar-refractivity contribution is -0.129. The second-order valence-electron chi connectivity index (χ2n) is 5.03. The first kappa shape index (κ1) is 16.6.